The van der Waals surface area contributed by atoms with Crippen molar-refractivity contribution in [1.29, 1.82) is 0 Å². The van der Waals surface area contributed by atoms with E-state index in [-0.39, 0.29) is 29.8 Å². The summed E-state index contributed by atoms with van der Waals surface area (Å²) in [6, 6.07) is 6.52. The summed E-state index contributed by atoms with van der Waals surface area (Å²) in [7, 11) is 0. The van der Waals surface area contributed by atoms with Crippen LogP contribution in [0, 0.1) is 26.6 Å². The first kappa shape index (κ1) is 31.5. The summed E-state index contributed by atoms with van der Waals surface area (Å²) in [5, 5.41) is 10.4. The smallest absolute Gasteiger partial charge is 0.416 e. The topological polar surface area (TPSA) is 76.1 Å². The number of fused-ring (bicyclic) bond motifs is 2. The predicted octanol–water partition coefficient (Wildman–Crippen LogP) is 7.91. The predicted molar refractivity (Wildman–Crippen MR) is 158 cm³/mol. The number of hydrogen-bond donors (Lipinski definition) is 1. The fraction of sp³-hybridized carbons (Fsp3) is 0.412. The highest BCUT2D eigenvalue weighted by Gasteiger charge is 2.38. The van der Waals surface area contributed by atoms with Crippen molar-refractivity contribution >= 4 is 17.6 Å². The zero-order chi connectivity index (χ0) is 32.3. The number of nitrogens with zero attached hydrogens (tertiary/aromatic N) is 1. The molecular weight excluding hydrogens is 578 g/mol. The molecule has 0 aromatic heterocycles. The van der Waals surface area contributed by atoms with Gasteiger partial charge in [0.15, 0.2) is 17.7 Å². The molecule has 0 spiro atoms. The van der Waals surface area contributed by atoms with E-state index in [1.54, 1.807) is 33.8 Å². The highest BCUT2D eigenvalue weighted by molar-refractivity contribution is 6.08. The van der Waals surface area contributed by atoms with Gasteiger partial charge in [0.1, 0.15) is 0 Å². The highest BCUT2D eigenvalue weighted by atomic mass is 19.4. The summed E-state index contributed by atoms with van der Waals surface area (Å²) in [6.45, 7) is 10.6. The summed E-state index contributed by atoms with van der Waals surface area (Å²) < 4.78 is 68.3. The van der Waals surface area contributed by atoms with E-state index in [0.29, 0.717) is 58.5 Å². The fourth-order valence-electron chi connectivity index (χ4n) is 6.27. The van der Waals surface area contributed by atoms with Crippen molar-refractivity contribution in [2.45, 2.75) is 78.7 Å². The Morgan fingerprint density at radius 1 is 1.00 bits per heavy atom. The SMILES string of the molecule is Cc1ccc(C(=O)N2CCc3c2cc(C)c(C(OC(C)(C)C)C(=O)O)c3-c2cc(F)c3c(c2C)CCCO3)cc1C(F)(F)F. The van der Waals surface area contributed by atoms with Gasteiger partial charge in [-0.1, -0.05) is 6.07 Å². The highest BCUT2D eigenvalue weighted by Crippen LogP contribution is 2.48. The molecule has 234 valence electrons. The van der Waals surface area contributed by atoms with Crippen molar-refractivity contribution in [1.82, 2.24) is 0 Å². The fourth-order valence-corrected chi connectivity index (χ4v) is 6.27. The maximum absolute atomic E-state index is 15.6. The average Bonchev–Trinajstić information content (AvgIpc) is 3.35. The minimum Gasteiger partial charge on any atom is -0.490 e. The summed E-state index contributed by atoms with van der Waals surface area (Å²) >= 11 is 0. The van der Waals surface area contributed by atoms with E-state index in [0.717, 1.165) is 11.6 Å². The van der Waals surface area contributed by atoms with Crippen LogP contribution in [0.3, 0.4) is 0 Å². The third kappa shape index (κ3) is 5.67. The number of carboxylic acid groups (broad SMARTS) is 1. The third-order valence-corrected chi connectivity index (χ3v) is 8.23. The van der Waals surface area contributed by atoms with Gasteiger partial charge >= 0.3 is 12.1 Å². The molecule has 0 fully saturated rings. The van der Waals surface area contributed by atoms with Gasteiger partial charge in [0, 0.05) is 28.9 Å². The van der Waals surface area contributed by atoms with Gasteiger partial charge < -0.3 is 19.5 Å². The van der Waals surface area contributed by atoms with E-state index in [2.05, 4.69) is 0 Å². The van der Waals surface area contributed by atoms with Crippen molar-refractivity contribution in [2.24, 2.45) is 0 Å². The van der Waals surface area contributed by atoms with E-state index >= 15 is 4.39 Å². The van der Waals surface area contributed by atoms with Crippen LogP contribution in [0.15, 0.2) is 30.3 Å². The number of benzene rings is 3. The number of hydrogen-bond acceptors (Lipinski definition) is 4. The molecule has 10 heteroatoms. The van der Waals surface area contributed by atoms with Crippen LogP contribution in [0.1, 0.15) is 82.6 Å². The quantitative estimate of drug-likeness (QED) is 0.296. The van der Waals surface area contributed by atoms with E-state index in [9.17, 15) is 27.9 Å². The maximum Gasteiger partial charge on any atom is 0.416 e. The lowest BCUT2D eigenvalue weighted by Crippen LogP contribution is -2.30. The molecule has 0 saturated heterocycles. The number of anilines is 1. The van der Waals surface area contributed by atoms with Gasteiger partial charge in [0.2, 0.25) is 0 Å². The second kappa shape index (κ2) is 11.2. The Kier molecular flexibility index (Phi) is 8.03. The molecule has 1 amide bonds. The van der Waals surface area contributed by atoms with Crippen LogP contribution in [0.25, 0.3) is 11.1 Å². The Labute approximate surface area is 253 Å². The first-order valence-corrected chi connectivity index (χ1v) is 14.5. The van der Waals surface area contributed by atoms with E-state index in [4.69, 9.17) is 9.47 Å². The standard InChI is InChI=1S/C34H35F4NO5/c1-17-9-10-20(15-24(17)34(36,37)38)31(40)39-12-11-22-26(39)14-18(2)27(30(32(41)42)44-33(4,5)6)28(22)23-16-25(35)29-21(19(23)3)8-7-13-43-29/h9-10,14-16,30H,7-8,11-13H2,1-6H3,(H,41,42). The summed E-state index contributed by atoms with van der Waals surface area (Å²) in [4.78, 5) is 27.9. The minimum absolute atomic E-state index is 0.00564. The largest absolute Gasteiger partial charge is 0.490 e. The molecule has 1 N–H and O–H groups in total. The van der Waals surface area contributed by atoms with E-state index < -0.39 is 41.1 Å². The lowest BCUT2D eigenvalue weighted by molar-refractivity contribution is -0.160. The lowest BCUT2D eigenvalue weighted by Gasteiger charge is -2.30. The normalized spacial score (nSPS) is 15.5. The molecule has 44 heavy (non-hydrogen) atoms. The molecule has 0 aliphatic carbocycles. The van der Waals surface area contributed by atoms with Gasteiger partial charge in [-0.05, 0) is 118 Å². The molecule has 3 aromatic rings. The van der Waals surface area contributed by atoms with Gasteiger partial charge in [-0.2, -0.15) is 13.2 Å². The molecule has 0 radical (unpaired) electrons. The van der Waals surface area contributed by atoms with Crippen molar-refractivity contribution < 1.29 is 41.7 Å². The van der Waals surface area contributed by atoms with Gasteiger partial charge in [-0.3, -0.25) is 4.79 Å². The molecule has 1 atom stereocenters. The van der Waals surface area contributed by atoms with Crippen molar-refractivity contribution in [3.05, 3.63) is 80.7 Å². The van der Waals surface area contributed by atoms with Crippen LogP contribution in [0.4, 0.5) is 23.2 Å². The van der Waals surface area contributed by atoms with Crippen LogP contribution in [0.2, 0.25) is 0 Å². The van der Waals surface area contributed by atoms with Crippen molar-refractivity contribution in [2.75, 3.05) is 18.1 Å². The second-order valence-corrected chi connectivity index (χ2v) is 12.5. The Bertz CT molecular complexity index is 1670. The molecule has 0 bridgehead atoms. The number of rotatable bonds is 5. The maximum atomic E-state index is 15.6. The van der Waals surface area contributed by atoms with Gasteiger partial charge in [0.25, 0.3) is 5.91 Å². The minimum atomic E-state index is -4.63. The lowest BCUT2D eigenvalue weighted by atomic mass is 9.83. The summed E-state index contributed by atoms with van der Waals surface area (Å²) in [5.41, 5.74) is 2.37. The Morgan fingerprint density at radius 3 is 2.34 bits per heavy atom. The first-order chi connectivity index (χ1) is 20.5. The van der Waals surface area contributed by atoms with Crippen LogP contribution < -0.4 is 9.64 Å². The monoisotopic (exact) mass is 613 g/mol. The first-order valence-electron chi connectivity index (χ1n) is 14.5. The third-order valence-electron chi connectivity index (χ3n) is 8.23. The number of carbonyl (C=O) groups is 2. The molecule has 2 heterocycles. The Morgan fingerprint density at radius 2 is 1.70 bits per heavy atom. The van der Waals surface area contributed by atoms with Gasteiger partial charge in [-0.25, -0.2) is 9.18 Å². The molecule has 1 unspecified atom stereocenters. The number of halogens is 4. The summed E-state index contributed by atoms with van der Waals surface area (Å²) in [6.07, 6.45) is -4.49. The van der Waals surface area contributed by atoms with Gasteiger partial charge in [0.05, 0.1) is 17.8 Å². The molecule has 0 saturated carbocycles. The van der Waals surface area contributed by atoms with E-state index in [1.807, 2.05) is 6.92 Å². The zero-order valence-electron chi connectivity index (χ0n) is 25.5. The van der Waals surface area contributed by atoms with Crippen LogP contribution >= 0.6 is 0 Å². The van der Waals surface area contributed by atoms with Crippen molar-refractivity contribution in [3.8, 4) is 16.9 Å². The molecule has 2 aliphatic heterocycles. The van der Waals surface area contributed by atoms with Crippen molar-refractivity contribution in [3.63, 3.8) is 0 Å². The molecule has 3 aromatic carbocycles. The number of aryl methyl sites for hydroxylation is 2. The molecular formula is C34H35F4NO5. The molecule has 6 nitrogen and oxygen atoms in total. The second-order valence-electron chi connectivity index (χ2n) is 12.5. The van der Waals surface area contributed by atoms with Crippen LogP contribution in [0.5, 0.6) is 5.75 Å². The van der Waals surface area contributed by atoms with Crippen LogP contribution in [-0.2, 0) is 28.5 Å². The Balaban J connectivity index is 1.75. The molecule has 5 rings (SSSR count). The number of carboxylic acids is 1. The zero-order valence-corrected chi connectivity index (χ0v) is 25.5. The van der Waals surface area contributed by atoms with Gasteiger partial charge in [-0.15, -0.1) is 0 Å². The number of aliphatic carboxylic acids is 1. The summed E-state index contributed by atoms with van der Waals surface area (Å²) in [5.74, 6) is -2.24. The average molecular weight is 614 g/mol. The molecule has 2 aliphatic rings. The Hall–Kier alpha value is -3.92. The number of carbonyl (C=O) groups excluding carboxylic acids is 1. The number of ether oxygens (including phenoxy) is 2. The van der Waals surface area contributed by atoms with E-state index in [1.165, 1.54) is 30.0 Å². The van der Waals surface area contributed by atoms with Crippen LogP contribution in [-0.4, -0.2) is 35.7 Å². The number of alkyl halides is 3. The number of amides is 1.